The summed E-state index contributed by atoms with van der Waals surface area (Å²) in [6.07, 6.45) is 1.67. The molecule has 2 aromatic rings. The van der Waals surface area contributed by atoms with Gasteiger partial charge in [0.25, 0.3) is 5.91 Å². The second-order valence-corrected chi connectivity index (χ2v) is 7.65. The number of hydrogen-bond acceptors (Lipinski definition) is 4. The summed E-state index contributed by atoms with van der Waals surface area (Å²) in [5.74, 6) is -0.145. The number of hydrogen-bond donors (Lipinski definition) is 2. The van der Waals surface area contributed by atoms with Crippen LogP contribution in [0, 0.1) is 0 Å². The Balaban J connectivity index is 1.91. The normalized spacial score (nSPS) is 13.5. The van der Waals surface area contributed by atoms with E-state index in [0.29, 0.717) is 23.6 Å². The van der Waals surface area contributed by atoms with E-state index < -0.39 is 0 Å². The van der Waals surface area contributed by atoms with E-state index in [4.69, 9.17) is 16.3 Å². The van der Waals surface area contributed by atoms with Crippen LogP contribution in [-0.2, 0) is 17.8 Å². The van der Waals surface area contributed by atoms with E-state index in [-0.39, 0.29) is 16.8 Å². The molecule has 0 spiro atoms. The van der Waals surface area contributed by atoms with Gasteiger partial charge in [-0.25, -0.2) is 0 Å². The van der Waals surface area contributed by atoms with Crippen LogP contribution >= 0.6 is 11.6 Å². The lowest BCUT2D eigenvalue weighted by Crippen LogP contribution is -2.27. The van der Waals surface area contributed by atoms with Crippen molar-refractivity contribution in [3.05, 3.63) is 52.0 Å². The van der Waals surface area contributed by atoms with Gasteiger partial charge in [0.2, 0.25) is 5.91 Å². The van der Waals surface area contributed by atoms with Gasteiger partial charge in [0.15, 0.2) is 0 Å². The Kier molecular flexibility index (Phi) is 6.77. The Morgan fingerprint density at radius 1 is 1.21 bits per heavy atom. The van der Waals surface area contributed by atoms with Gasteiger partial charge in [-0.05, 0) is 43.1 Å². The zero-order chi connectivity index (χ0) is 21.0. The van der Waals surface area contributed by atoms with Crippen LogP contribution in [0.2, 0.25) is 5.02 Å². The smallest absolute Gasteiger partial charge is 0.259 e. The Labute approximate surface area is 176 Å². The molecular formula is C22H26ClN3O3. The van der Waals surface area contributed by atoms with Crippen molar-refractivity contribution in [2.75, 3.05) is 30.8 Å². The molecule has 0 radical (unpaired) electrons. The minimum atomic E-state index is -0.292. The Morgan fingerprint density at radius 3 is 2.72 bits per heavy atom. The molecule has 0 fully saturated rings. The Morgan fingerprint density at radius 2 is 2.00 bits per heavy atom. The van der Waals surface area contributed by atoms with Crippen molar-refractivity contribution >= 4 is 34.8 Å². The quantitative estimate of drug-likeness (QED) is 0.736. The largest absolute Gasteiger partial charge is 0.493 e. The van der Waals surface area contributed by atoms with Crippen molar-refractivity contribution in [1.29, 1.82) is 0 Å². The predicted molar refractivity (Wildman–Crippen MR) is 116 cm³/mol. The number of fused-ring (bicyclic) bond motifs is 1. The topological polar surface area (TPSA) is 70.7 Å². The lowest BCUT2D eigenvalue weighted by molar-refractivity contribution is -0.114. The van der Waals surface area contributed by atoms with Gasteiger partial charge in [-0.15, -0.1) is 0 Å². The SMILES string of the molecule is CCCOc1cc(NC(C)=O)c(Cl)cc1C(=O)Nc1cccc2c1CCN(C)C2. The van der Waals surface area contributed by atoms with Gasteiger partial charge in [0.05, 0.1) is 22.9 Å². The number of amides is 2. The molecule has 7 heteroatoms. The Hall–Kier alpha value is -2.57. The first-order chi connectivity index (χ1) is 13.9. The van der Waals surface area contributed by atoms with Gasteiger partial charge in [-0.1, -0.05) is 30.7 Å². The molecule has 2 N–H and O–H groups in total. The minimum Gasteiger partial charge on any atom is -0.493 e. The third-order valence-corrected chi connectivity index (χ3v) is 5.10. The molecule has 1 aliphatic heterocycles. The van der Waals surface area contributed by atoms with Crippen LogP contribution in [0.5, 0.6) is 5.75 Å². The summed E-state index contributed by atoms with van der Waals surface area (Å²) >= 11 is 6.30. The second-order valence-electron chi connectivity index (χ2n) is 7.24. The van der Waals surface area contributed by atoms with E-state index in [0.717, 1.165) is 37.2 Å². The van der Waals surface area contributed by atoms with E-state index in [9.17, 15) is 9.59 Å². The van der Waals surface area contributed by atoms with E-state index in [1.807, 2.05) is 19.1 Å². The second kappa shape index (κ2) is 9.29. The number of carbonyl (C=O) groups excluding carboxylic acids is 2. The highest BCUT2D eigenvalue weighted by Crippen LogP contribution is 2.33. The van der Waals surface area contributed by atoms with Crippen LogP contribution < -0.4 is 15.4 Å². The molecule has 1 aliphatic rings. The van der Waals surface area contributed by atoms with Crippen molar-refractivity contribution in [3.8, 4) is 5.75 Å². The van der Waals surface area contributed by atoms with Crippen molar-refractivity contribution in [3.63, 3.8) is 0 Å². The molecule has 0 saturated heterocycles. The van der Waals surface area contributed by atoms with E-state index >= 15 is 0 Å². The highest BCUT2D eigenvalue weighted by molar-refractivity contribution is 6.34. The molecule has 0 aliphatic carbocycles. The van der Waals surface area contributed by atoms with Crippen molar-refractivity contribution in [2.24, 2.45) is 0 Å². The van der Waals surface area contributed by atoms with Crippen molar-refractivity contribution < 1.29 is 14.3 Å². The Bertz CT molecular complexity index is 930. The first-order valence-corrected chi connectivity index (χ1v) is 10.1. The number of benzene rings is 2. The monoisotopic (exact) mass is 415 g/mol. The molecule has 3 rings (SSSR count). The lowest BCUT2D eigenvalue weighted by Gasteiger charge is -2.27. The summed E-state index contributed by atoms with van der Waals surface area (Å²) in [6, 6.07) is 9.10. The maximum Gasteiger partial charge on any atom is 0.259 e. The number of likely N-dealkylation sites (N-methyl/N-ethyl adjacent to an activating group) is 1. The van der Waals surface area contributed by atoms with Crippen molar-refractivity contribution in [1.82, 2.24) is 4.90 Å². The highest BCUT2D eigenvalue weighted by Gasteiger charge is 2.21. The van der Waals surface area contributed by atoms with E-state index in [1.54, 1.807) is 6.07 Å². The van der Waals surface area contributed by atoms with Gasteiger partial charge in [0.1, 0.15) is 5.75 Å². The van der Waals surface area contributed by atoms with Gasteiger partial charge >= 0.3 is 0 Å². The number of anilines is 2. The molecule has 0 unspecified atom stereocenters. The summed E-state index contributed by atoms with van der Waals surface area (Å²) in [4.78, 5) is 26.8. The molecule has 0 bridgehead atoms. The van der Waals surface area contributed by atoms with Gasteiger partial charge in [-0.2, -0.15) is 0 Å². The molecule has 2 aromatic carbocycles. The highest BCUT2D eigenvalue weighted by atomic mass is 35.5. The minimum absolute atomic E-state index is 0.244. The average Bonchev–Trinajstić information content (AvgIpc) is 2.67. The zero-order valence-electron chi connectivity index (χ0n) is 17.0. The predicted octanol–water partition coefficient (Wildman–Crippen LogP) is 4.33. The molecule has 29 heavy (non-hydrogen) atoms. The molecule has 0 saturated carbocycles. The van der Waals surface area contributed by atoms with Crippen LogP contribution in [-0.4, -0.2) is 36.9 Å². The zero-order valence-corrected chi connectivity index (χ0v) is 17.7. The van der Waals surface area contributed by atoms with Crippen LogP contribution in [0.3, 0.4) is 0 Å². The van der Waals surface area contributed by atoms with Gasteiger partial charge < -0.3 is 20.3 Å². The standard InChI is InChI=1S/C22H26ClN3O3/c1-4-10-29-21-12-20(24-14(2)27)18(23)11-17(21)22(28)25-19-7-5-6-15-13-26(3)9-8-16(15)19/h5-7,11-12H,4,8-10,13H2,1-3H3,(H,24,27)(H,25,28). The third kappa shape index (κ3) is 5.08. The molecule has 2 amide bonds. The molecule has 154 valence electrons. The van der Waals surface area contributed by atoms with E-state index in [2.05, 4.69) is 28.6 Å². The molecule has 0 atom stereocenters. The molecular weight excluding hydrogens is 390 g/mol. The first-order valence-electron chi connectivity index (χ1n) is 9.73. The van der Waals surface area contributed by atoms with Crippen LogP contribution in [0.25, 0.3) is 0 Å². The summed E-state index contributed by atoms with van der Waals surface area (Å²) in [5, 5.41) is 5.97. The van der Waals surface area contributed by atoms with Crippen molar-refractivity contribution in [2.45, 2.75) is 33.2 Å². The fourth-order valence-electron chi connectivity index (χ4n) is 3.40. The van der Waals surface area contributed by atoms with Crippen LogP contribution in [0.15, 0.2) is 30.3 Å². The fraction of sp³-hybridized carbons (Fsp3) is 0.364. The maximum absolute atomic E-state index is 13.1. The fourth-order valence-corrected chi connectivity index (χ4v) is 3.62. The number of nitrogens with one attached hydrogen (secondary N) is 2. The maximum atomic E-state index is 13.1. The van der Waals surface area contributed by atoms with Crippen LogP contribution in [0.1, 0.15) is 41.8 Å². The third-order valence-electron chi connectivity index (χ3n) is 4.79. The number of nitrogens with zero attached hydrogens (tertiary/aromatic N) is 1. The summed E-state index contributed by atoms with van der Waals surface area (Å²) in [7, 11) is 2.09. The van der Waals surface area contributed by atoms with Crippen LogP contribution in [0.4, 0.5) is 11.4 Å². The first kappa shape index (κ1) is 21.1. The summed E-state index contributed by atoms with van der Waals surface area (Å²) in [5.41, 5.74) is 3.95. The number of rotatable bonds is 6. The van der Waals surface area contributed by atoms with Gasteiger partial charge in [-0.3, -0.25) is 9.59 Å². The molecule has 0 aromatic heterocycles. The number of carbonyl (C=O) groups is 2. The summed E-state index contributed by atoms with van der Waals surface area (Å²) in [6.45, 7) is 5.65. The number of ether oxygens (including phenoxy) is 1. The average molecular weight is 416 g/mol. The summed E-state index contributed by atoms with van der Waals surface area (Å²) < 4.78 is 5.77. The lowest BCUT2D eigenvalue weighted by atomic mass is 9.98. The number of halogens is 1. The van der Waals surface area contributed by atoms with Gasteiger partial charge in [0, 0.05) is 31.8 Å². The van der Waals surface area contributed by atoms with E-state index in [1.165, 1.54) is 18.6 Å². The molecule has 6 nitrogen and oxygen atoms in total. The molecule has 1 heterocycles.